The topological polar surface area (TPSA) is 160 Å². The molecule has 0 saturated heterocycles. The number of benzene rings is 2. The van der Waals surface area contributed by atoms with Gasteiger partial charge < -0.3 is 13.3 Å². The molecule has 5 rings (SSSR count). The number of furan rings is 1. The fourth-order valence-corrected chi connectivity index (χ4v) is 4.14. The number of halogens is 6. The number of nitrogens with zero attached hydrogens (tertiary/aromatic N) is 6. The average molecular weight is 618 g/mol. The van der Waals surface area contributed by atoms with Crippen LogP contribution in [0.3, 0.4) is 0 Å². The Labute approximate surface area is 248 Å². The van der Waals surface area contributed by atoms with Crippen LogP contribution in [0, 0.1) is 45.3 Å². The summed E-state index contributed by atoms with van der Waals surface area (Å²) in [7, 11) is 0. The molecule has 0 atom stereocenters. The molecule has 0 spiro atoms. The SMILES string of the molecule is N#CC(C#N)c1nc(-c2ccc(C(F)(F)F)cc2)c(-c2ccc(-c3oc(C(C#N)C#N)nc3-c3ccc(C(F)(F)F)cc3)o2)o1. The second kappa shape index (κ2) is 11.4. The average Bonchev–Trinajstić information content (AvgIpc) is 3.77. The summed E-state index contributed by atoms with van der Waals surface area (Å²) >= 11 is 0. The van der Waals surface area contributed by atoms with Crippen molar-refractivity contribution in [2.75, 3.05) is 0 Å². The zero-order valence-corrected chi connectivity index (χ0v) is 22.1. The lowest BCUT2D eigenvalue weighted by atomic mass is 10.1. The molecule has 0 saturated carbocycles. The Morgan fingerprint density at radius 1 is 0.511 bits per heavy atom. The quantitative estimate of drug-likeness (QED) is 0.171. The Kier molecular flexibility index (Phi) is 7.64. The minimum atomic E-state index is -4.62. The number of aromatic nitrogens is 2. The van der Waals surface area contributed by atoms with E-state index in [0.717, 1.165) is 48.5 Å². The molecule has 0 unspecified atom stereocenters. The summed E-state index contributed by atoms with van der Waals surface area (Å²) in [6.45, 7) is 0. The van der Waals surface area contributed by atoms with Crippen LogP contribution < -0.4 is 0 Å². The molecular formula is C30H12F6N6O3. The number of alkyl halides is 6. The number of oxazole rings is 2. The Morgan fingerprint density at radius 3 is 1.13 bits per heavy atom. The molecule has 3 heterocycles. The van der Waals surface area contributed by atoms with Gasteiger partial charge in [0.15, 0.2) is 23.0 Å². The highest BCUT2D eigenvalue weighted by Gasteiger charge is 2.33. The second-order valence-corrected chi connectivity index (χ2v) is 9.16. The van der Waals surface area contributed by atoms with Crippen LogP contribution in [0.15, 0.2) is 73.9 Å². The highest BCUT2D eigenvalue weighted by Crippen LogP contribution is 2.41. The summed E-state index contributed by atoms with van der Waals surface area (Å²) < 4.78 is 96.1. The first-order chi connectivity index (χ1) is 21.4. The van der Waals surface area contributed by atoms with Crippen LogP contribution in [-0.2, 0) is 12.4 Å². The van der Waals surface area contributed by atoms with E-state index in [1.807, 2.05) is 0 Å². The van der Waals surface area contributed by atoms with Gasteiger partial charge in [-0.15, -0.1) is 0 Å². The van der Waals surface area contributed by atoms with Crippen LogP contribution >= 0.6 is 0 Å². The number of nitriles is 4. The van der Waals surface area contributed by atoms with Crippen LogP contribution in [0.2, 0.25) is 0 Å². The molecule has 0 aliphatic carbocycles. The maximum Gasteiger partial charge on any atom is 0.416 e. The minimum Gasteiger partial charge on any atom is -0.449 e. The summed E-state index contributed by atoms with van der Waals surface area (Å²) in [5.41, 5.74) is -1.75. The monoisotopic (exact) mass is 618 g/mol. The molecular weight excluding hydrogens is 606 g/mol. The first kappa shape index (κ1) is 30.1. The third-order valence-electron chi connectivity index (χ3n) is 6.32. The van der Waals surface area contributed by atoms with Gasteiger partial charge in [-0.1, -0.05) is 24.3 Å². The van der Waals surface area contributed by atoms with Crippen molar-refractivity contribution in [2.45, 2.75) is 24.2 Å². The van der Waals surface area contributed by atoms with Gasteiger partial charge in [0.2, 0.25) is 23.6 Å². The van der Waals surface area contributed by atoms with Gasteiger partial charge in [0.1, 0.15) is 11.4 Å². The van der Waals surface area contributed by atoms with Gasteiger partial charge in [0.25, 0.3) is 0 Å². The van der Waals surface area contributed by atoms with Crippen LogP contribution in [0.25, 0.3) is 45.6 Å². The van der Waals surface area contributed by atoms with Gasteiger partial charge in [0.05, 0.1) is 35.4 Å². The Bertz CT molecular complexity index is 1870. The number of hydrogen-bond donors (Lipinski definition) is 0. The lowest BCUT2D eigenvalue weighted by Gasteiger charge is -2.07. The lowest BCUT2D eigenvalue weighted by molar-refractivity contribution is -0.138. The molecule has 2 aromatic carbocycles. The van der Waals surface area contributed by atoms with Crippen molar-refractivity contribution >= 4 is 0 Å². The van der Waals surface area contributed by atoms with Gasteiger partial charge >= 0.3 is 12.4 Å². The Hall–Kier alpha value is -6.32. The minimum absolute atomic E-state index is 0.0645. The van der Waals surface area contributed by atoms with Gasteiger partial charge in [-0.25, -0.2) is 9.97 Å². The van der Waals surface area contributed by atoms with E-state index < -0.39 is 35.3 Å². The predicted molar refractivity (Wildman–Crippen MR) is 139 cm³/mol. The van der Waals surface area contributed by atoms with Crippen LogP contribution in [0.4, 0.5) is 26.3 Å². The van der Waals surface area contributed by atoms with Crippen molar-refractivity contribution in [3.8, 4) is 69.8 Å². The number of rotatable bonds is 6. The summed E-state index contributed by atoms with van der Waals surface area (Å²) in [6, 6.07) is 17.1. The summed E-state index contributed by atoms with van der Waals surface area (Å²) in [5.74, 6) is -4.20. The Balaban J connectivity index is 1.63. The summed E-state index contributed by atoms with van der Waals surface area (Å²) in [5, 5.41) is 37.4. The smallest absolute Gasteiger partial charge is 0.416 e. The zero-order valence-electron chi connectivity index (χ0n) is 22.1. The van der Waals surface area contributed by atoms with Gasteiger partial charge in [-0.05, 0) is 36.4 Å². The maximum absolute atomic E-state index is 13.1. The lowest BCUT2D eigenvalue weighted by Crippen LogP contribution is -2.04. The predicted octanol–water partition coefficient (Wildman–Crippen LogP) is 8.22. The molecule has 0 amide bonds. The van der Waals surface area contributed by atoms with Crippen LogP contribution in [0.1, 0.15) is 34.7 Å². The molecule has 0 fully saturated rings. The van der Waals surface area contributed by atoms with E-state index in [-0.39, 0.29) is 57.3 Å². The molecule has 15 heteroatoms. The summed E-state index contributed by atoms with van der Waals surface area (Å²) in [4.78, 5) is 8.33. The fourth-order valence-electron chi connectivity index (χ4n) is 4.14. The van der Waals surface area contributed by atoms with Crippen molar-refractivity contribution in [1.82, 2.24) is 9.97 Å². The molecule has 3 aromatic heterocycles. The molecule has 0 aliphatic rings. The molecule has 222 valence electrons. The highest BCUT2D eigenvalue weighted by atomic mass is 19.4. The van der Waals surface area contributed by atoms with E-state index >= 15 is 0 Å². The highest BCUT2D eigenvalue weighted by molar-refractivity contribution is 5.78. The van der Waals surface area contributed by atoms with Crippen LogP contribution in [-0.4, -0.2) is 9.97 Å². The van der Waals surface area contributed by atoms with Crippen molar-refractivity contribution in [3.05, 3.63) is 83.6 Å². The van der Waals surface area contributed by atoms with Crippen molar-refractivity contribution in [3.63, 3.8) is 0 Å². The molecule has 0 radical (unpaired) electrons. The largest absolute Gasteiger partial charge is 0.449 e. The van der Waals surface area contributed by atoms with E-state index in [2.05, 4.69) is 9.97 Å². The van der Waals surface area contributed by atoms with E-state index in [1.165, 1.54) is 12.1 Å². The Morgan fingerprint density at radius 2 is 0.844 bits per heavy atom. The van der Waals surface area contributed by atoms with Crippen molar-refractivity contribution in [2.24, 2.45) is 0 Å². The first-order valence-electron chi connectivity index (χ1n) is 12.4. The molecule has 0 N–H and O–H groups in total. The third-order valence-corrected chi connectivity index (χ3v) is 6.32. The van der Waals surface area contributed by atoms with E-state index in [9.17, 15) is 47.4 Å². The van der Waals surface area contributed by atoms with E-state index in [1.54, 1.807) is 24.3 Å². The van der Waals surface area contributed by atoms with Gasteiger partial charge in [-0.3, -0.25) is 0 Å². The molecule has 0 bridgehead atoms. The number of hydrogen-bond acceptors (Lipinski definition) is 9. The normalized spacial score (nSPS) is 11.6. The summed E-state index contributed by atoms with van der Waals surface area (Å²) in [6.07, 6.45) is -9.23. The maximum atomic E-state index is 13.1. The van der Waals surface area contributed by atoms with Crippen LogP contribution in [0.5, 0.6) is 0 Å². The fraction of sp³-hybridized carbons (Fsp3) is 0.133. The van der Waals surface area contributed by atoms with E-state index in [0.29, 0.717) is 0 Å². The third kappa shape index (κ3) is 5.83. The molecule has 9 nitrogen and oxygen atoms in total. The van der Waals surface area contributed by atoms with E-state index in [4.69, 9.17) is 13.3 Å². The first-order valence-corrected chi connectivity index (χ1v) is 12.4. The van der Waals surface area contributed by atoms with Gasteiger partial charge in [-0.2, -0.15) is 47.4 Å². The zero-order chi connectivity index (χ0) is 32.5. The molecule has 45 heavy (non-hydrogen) atoms. The standard InChI is InChI=1S/C30H12F6N6O3/c31-29(32,33)19-5-1-15(2-6-19)23-25(44-27(41-23)17(11-37)12-38)21-9-10-22(43-21)26-24(42-28(45-26)18(13-39)14-40)16-3-7-20(8-4-16)30(34,35)36/h1-10,17-18H. The molecule has 0 aliphatic heterocycles. The van der Waals surface area contributed by atoms with Crippen molar-refractivity contribution in [1.29, 1.82) is 21.0 Å². The second-order valence-electron chi connectivity index (χ2n) is 9.16. The van der Waals surface area contributed by atoms with Gasteiger partial charge in [0, 0.05) is 11.1 Å². The van der Waals surface area contributed by atoms with Crippen molar-refractivity contribution < 1.29 is 39.6 Å². The molecule has 5 aromatic rings.